The molecular formula is C18H18N2O. The number of nitrogens with zero attached hydrogens (tertiary/aromatic N) is 2. The molecule has 0 fully saturated rings. The smallest absolute Gasteiger partial charge is 0.252 e. The quantitative estimate of drug-likeness (QED) is 0.733. The van der Waals surface area contributed by atoms with Crippen LogP contribution in [0.3, 0.4) is 0 Å². The van der Waals surface area contributed by atoms with Crippen molar-refractivity contribution in [3.8, 4) is 11.1 Å². The first kappa shape index (κ1) is 13.6. The van der Waals surface area contributed by atoms with Gasteiger partial charge in [0.2, 0.25) is 0 Å². The summed E-state index contributed by atoms with van der Waals surface area (Å²) in [4.78, 5) is 17.1. The largest absolute Gasteiger partial charge is 0.293 e. The highest BCUT2D eigenvalue weighted by Gasteiger charge is 2.11. The third-order valence-corrected chi connectivity index (χ3v) is 3.78. The van der Waals surface area contributed by atoms with Gasteiger partial charge < -0.3 is 0 Å². The van der Waals surface area contributed by atoms with E-state index < -0.39 is 0 Å². The van der Waals surface area contributed by atoms with E-state index in [0.29, 0.717) is 6.54 Å². The zero-order valence-electron chi connectivity index (χ0n) is 12.3. The van der Waals surface area contributed by atoms with Crippen LogP contribution >= 0.6 is 0 Å². The van der Waals surface area contributed by atoms with E-state index in [2.05, 4.69) is 18.0 Å². The highest BCUT2D eigenvalue weighted by Crippen LogP contribution is 2.26. The maximum absolute atomic E-state index is 12.4. The van der Waals surface area contributed by atoms with Gasteiger partial charge in [-0.05, 0) is 36.6 Å². The molecule has 1 aromatic carbocycles. The predicted octanol–water partition coefficient (Wildman–Crippen LogP) is 3.65. The van der Waals surface area contributed by atoms with Crippen LogP contribution in [0.2, 0.25) is 0 Å². The summed E-state index contributed by atoms with van der Waals surface area (Å²) < 4.78 is 1.74. The minimum absolute atomic E-state index is 0.00426. The van der Waals surface area contributed by atoms with Crippen LogP contribution in [-0.2, 0) is 13.0 Å². The summed E-state index contributed by atoms with van der Waals surface area (Å²) in [5.41, 5.74) is 3.80. The average Bonchev–Trinajstić information content (AvgIpc) is 2.54. The molecule has 0 bridgehead atoms. The fourth-order valence-corrected chi connectivity index (χ4v) is 2.65. The molecule has 106 valence electrons. The van der Waals surface area contributed by atoms with Crippen LogP contribution < -0.4 is 5.56 Å². The Balaban J connectivity index is 2.40. The molecule has 0 aliphatic rings. The second-order valence-electron chi connectivity index (χ2n) is 5.03. The molecule has 21 heavy (non-hydrogen) atoms. The summed E-state index contributed by atoms with van der Waals surface area (Å²) in [5.74, 6) is 0. The molecule has 0 unspecified atom stereocenters. The third-order valence-electron chi connectivity index (χ3n) is 3.78. The van der Waals surface area contributed by atoms with Crippen LogP contribution in [0.4, 0.5) is 0 Å². The maximum atomic E-state index is 12.4. The van der Waals surface area contributed by atoms with Gasteiger partial charge in [-0.1, -0.05) is 37.3 Å². The Morgan fingerprint density at radius 2 is 1.81 bits per heavy atom. The van der Waals surface area contributed by atoms with Gasteiger partial charge >= 0.3 is 0 Å². The highest BCUT2D eigenvalue weighted by atomic mass is 16.1. The highest BCUT2D eigenvalue weighted by molar-refractivity contribution is 5.92. The molecule has 3 aromatic rings. The van der Waals surface area contributed by atoms with E-state index in [4.69, 9.17) is 0 Å². The van der Waals surface area contributed by atoms with Gasteiger partial charge in [0.25, 0.3) is 5.56 Å². The van der Waals surface area contributed by atoms with Gasteiger partial charge in [0.15, 0.2) is 0 Å². The molecule has 0 amide bonds. The van der Waals surface area contributed by atoms with Crippen LogP contribution in [0, 0.1) is 0 Å². The van der Waals surface area contributed by atoms with Crippen molar-refractivity contribution in [2.75, 3.05) is 0 Å². The first-order chi connectivity index (χ1) is 10.2. The van der Waals surface area contributed by atoms with Crippen LogP contribution in [0.1, 0.15) is 19.5 Å². The molecule has 0 saturated carbocycles. The summed E-state index contributed by atoms with van der Waals surface area (Å²) in [5, 5.41) is 1.03. The van der Waals surface area contributed by atoms with Crippen LogP contribution in [0.15, 0.2) is 53.3 Å². The second kappa shape index (κ2) is 5.52. The Morgan fingerprint density at radius 1 is 1.05 bits per heavy atom. The van der Waals surface area contributed by atoms with Crippen molar-refractivity contribution in [2.45, 2.75) is 26.8 Å². The van der Waals surface area contributed by atoms with E-state index >= 15 is 0 Å². The Labute approximate surface area is 123 Å². The molecule has 2 aromatic heterocycles. The molecule has 0 atom stereocenters. The van der Waals surface area contributed by atoms with Gasteiger partial charge in [0.1, 0.15) is 5.65 Å². The van der Waals surface area contributed by atoms with E-state index in [1.807, 2.05) is 43.3 Å². The summed E-state index contributed by atoms with van der Waals surface area (Å²) >= 11 is 0. The lowest BCUT2D eigenvalue weighted by Gasteiger charge is -2.12. The Morgan fingerprint density at radius 3 is 2.48 bits per heavy atom. The number of pyridine rings is 2. The van der Waals surface area contributed by atoms with E-state index in [0.717, 1.165) is 34.3 Å². The molecule has 3 rings (SSSR count). The summed E-state index contributed by atoms with van der Waals surface area (Å²) in [6.07, 6.45) is 0.864. The molecule has 0 radical (unpaired) electrons. The summed E-state index contributed by atoms with van der Waals surface area (Å²) in [6, 6.07) is 15.8. The zero-order valence-corrected chi connectivity index (χ0v) is 12.3. The normalized spacial score (nSPS) is 11.0. The van der Waals surface area contributed by atoms with Crippen molar-refractivity contribution in [3.63, 3.8) is 0 Å². The Hall–Kier alpha value is -2.42. The van der Waals surface area contributed by atoms with Gasteiger partial charge in [-0.15, -0.1) is 0 Å². The number of hydrogen-bond donors (Lipinski definition) is 0. The molecule has 3 nitrogen and oxygen atoms in total. The molecule has 0 saturated heterocycles. The standard InChI is InChI=1S/C18H18N2O/c1-3-14-10-11-15-16(13-8-6-5-7-9-13)12-17(21)20(4-2)18(15)19-14/h5-12H,3-4H2,1-2H3. The molecule has 0 aliphatic heterocycles. The van der Waals surface area contributed by atoms with E-state index in [1.54, 1.807) is 10.6 Å². The van der Waals surface area contributed by atoms with E-state index in [1.165, 1.54) is 0 Å². The SMILES string of the molecule is CCc1ccc2c(-c3ccccc3)cc(=O)n(CC)c2n1. The van der Waals surface area contributed by atoms with E-state index in [-0.39, 0.29) is 5.56 Å². The molecule has 2 heterocycles. The van der Waals surface area contributed by atoms with E-state index in [9.17, 15) is 4.79 Å². The maximum Gasteiger partial charge on any atom is 0.252 e. The minimum atomic E-state index is 0.00426. The third kappa shape index (κ3) is 2.35. The van der Waals surface area contributed by atoms with Crippen LogP contribution in [0.5, 0.6) is 0 Å². The molecular weight excluding hydrogens is 260 g/mol. The lowest BCUT2D eigenvalue weighted by Crippen LogP contribution is -2.20. The number of aryl methyl sites for hydroxylation is 2. The Kier molecular flexibility index (Phi) is 3.57. The number of hydrogen-bond acceptors (Lipinski definition) is 2. The van der Waals surface area contributed by atoms with Crippen molar-refractivity contribution in [1.29, 1.82) is 0 Å². The first-order valence-electron chi connectivity index (χ1n) is 7.33. The van der Waals surface area contributed by atoms with Crippen molar-refractivity contribution < 1.29 is 0 Å². The van der Waals surface area contributed by atoms with Crippen molar-refractivity contribution >= 4 is 11.0 Å². The summed E-state index contributed by atoms with van der Waals surface area (Å²) in [6.45, 7) is 4.68. The predicted molar refractivity (Wildman–Crippen MR) is 86.5 cm³/mol. The molecule has 3 heteroatoms. The summed E-state index contributed by atoms with van der Waals surface area (Å²) in [7, 11) is 0. The number of fused-ring (bicyclic) bond motifs is 1. The van der Waals surface area contributed by atoms with Crippen LogP contribution in [-0.4, -0.2) is 9.55 Å². The average molecular weight is 278 g/mol. The zero-order chi connectivity index (χ0) is 14.8. The lowest BCUT2D eigenvalue weighted by molar-refractivity contribution is 0.747. The molecule has 0 aliphatic carbocycles. The topological polar surface area (TPSA) is 34.9 Å². The van der Waals surface area contributed by atoms with Crippen molar-refractivity contribution in [2.24, 2.45) is 0 Å². The fraction of sp³-hybridized carbons (Fsp3) is 0.222. The van der Waals surface area contributed by atoms with Gasteiger partial charge in [-0.2, -0.15) is 0 Å². The van der Waals surface area contributed by atoms with Crippen LogP contribution in [0.25, 0.3) is 22.2 Å². The van der Waals surface area contributed by atoms with Crippen molar-refractivity contribution in [1.82, 2.24) is 9.55 Å². The fourth-order valence-electron chi connectivity index (χ4n) is 2.65. The molecule has 0 N–H and O–H groups in total. The molecule has 0 spiro atoms. The van der Waals surface area contributed by atoms with Gasteiger partial charge in [0, 0.05) is 23.7 Å². The number of benzene rings is 1. The van der Waals surface area contributed by atoms with Gasteiger partial charge in [-0.3, -0.25) is 9.36 Å². The van der Waals surface area contributed by atoms with Crippen molar-refractivity contribution in [3.05, 3.63) is 64.6 Å². The number of aromatic nitrogens is 2. The van der Waals surface area contributed by atoms with Gasteiger partial charge in [0.05, 0.1) is 0 Å². The second-order valence-corrected chi connectivity index (χ2v) is 5.03. The van der Waals surface area contributed by atoms with Gasteiger partial charge in [-0.25, -0.2) is 4.98 Å². The first-order valence-corrected chi connectivity index (χ1v) is 7.33. The Bertz CT molecular complexity index is 835. The lowest BCUT2D eigenvalue weighted by atomic mass is 10.0. The minimum Gasteiger partial charge on any atom is -0.293 e. The monoisotopic (exact) mass is 278 g/mol. The number of rotatable bonds is 3.